The fraction of sp³-hybridized carbons (Fsp3) is 0.273. The summed E-state index contributed by atoms with van der Waals surface area (Å²) in [5.74, 6) is 0. The molecule has 1 nitrogen and oxygen atoms in total. The highest BCUT2D eigenvalue weighted by Gasteiger charge is 2.07. The van der Waals surface area contributed by atoms with E-state index in [2.05, 4.69) is 6.58 Å². The molecule has 0 aliphatic rings. The molecule has 14 heavy (non-hydrogen) atoms. The van der Waals surface area contributed by atoms with E-state index in [1.54, 1.807) is 12.1 Å². The molecule has 1 rings (SSSR count). The van der Waals surface area contributed by atoms with Gasteiger partial charge in [0.15, 0.2) is 0 Å². The summed E-state index contributed by atoms with van der Waals surface area (Å²) in [4.78, 5) is 0. The maximum atomic E-state index is 5.95. The van der Waals surface area contributed by atoms with E-state index < -0.39 is 0 Å². The lowest BCUT2D eigenvalue weighted by Gasteiger charge is -2.12. The number of benzene rings is 1. The molecular formula is C11H13Cl2N. The number of nitrogens with two attached hydrogens (primary N) is 1. The fourth-order valence-electron chi connectivity index (χ4n) is 1.24. The van der Waals surface area contributed by atoms with Crippen LogP contribution in [0.15, 0.2) is 30.4 Å². The monoisotopic (exact) mass is 229 g/mol. The Kier molecular flexibility index (Phi) is 3.99. The lowest BCUT2D eigenvalue weighted by atomic mass is 10.0. The minimum absolute atomic E-state index is 0.0535. The molecule has 0 saturated heterocycles. The molecule has 0 amide bonds. The van der Waals surface area contributed by atoms with E-state index in [-0.39, 0.29) is 6.04 Å². The molecule has 0 saturated carbocycles. The zero-order chi connectivity index (χ0) is 10.7. The fourth-order valence-corrected chi connectivity index (χ4v) is 1.54. The van der Waals surface area contributed by atoms with Crippen molar-refractivity contribution in [3.63, 3.8) is 0 Å². The first-order valence-electron chi connectivity index (χ1n) is 4.35. The Morgan fingerprint density at radius 2 is 2.07 bits per heavy atom. The smallest absolute Gasteiger partial charge is 0.0595 e. The van der Waals surface area contributed by atoms with Gasteiger partial charge in [-0.1, -0.05) is 34.8 Å². The molecule has 0 spiro atoms. The summed E-state index contributed by atoms with van der Waals surface area (Å²) in [6.45, 7) is 5.78. The van der Waals surface area contributed by atoms with Crippen LogP contribution in [0.1, 0.15) is 24.9 Å². The van der Waals surface area contributed by atoms with Crippen LogP contribution in [0.25, 0.3) is 0 Å². The first-order valence-corrected chi connectivity index (χ1v) is 5.11. The second-order valence-electron chi connectivity index (χ2n) is 3.44. The molecule has 0 aliphatic carbocycles. The van der Waals surface area contributed by atoms with Crippen molar-refractivity contribution in [3.05, 3.63) is 46.0 Å². The van der Waals surface area contributed by atoms with Crippen molar-refractivity contribution in [2.45, 2.75) is 19.4 Å². The van der Waals surface area contributed by atoms with Crippen molar-refractivity contribution in [2.75, 3.05) is 0 Å². The van der Waals surface area contributed by atoms with Crippen LogP contribution in [-0.4, -0.2) is 0 Å². The quantitative estimate of drug-likeness (QED) is 0.781. The van der Waals surface area contributed by atoms with E-state index in [4.69, 9.17) is 28.9 Å². The molecule has 1 aromatic rings. The predicted octanol–water partition coefficient (Wildman–Crippen LogP) is 3.96. The Morgan fingerprint density at radius 1 is 1.43 bits per heavy atom. The summed E-state index contributed by atoms with van der Waals surface area (Å²) in [5, 5.41) is 1.10. The van der Waals surface area contributed by atoms with E-state index in [9.17, 15) is 0 Å². The lowest BCUT2D eigenvalue weighted by Crippen LogP contribution is -2.10. The topological polar surface area (TPSA) is 26.0 Å². The van der Waals surface area contributed by atoms with Crippen LogP contribution in [0.4, 0.5) is 0 Å². The average molecular weight is 230 g/mol. The molecule has 0 bridgehead atoms. The Bertz CT molecular complexity index is 347. The van der Waals surface area contributed by atoms with Gasteiger partial charge in [-0.05, 0) is 31.0 Å². The third-order valence-corrected chi connectivity index (χ3v) is 2.68. The van der Waals surface area contributed by atoms with E-state index in [1.807, 2.05) is 13.0 Å². The summed E-state index contributed by atoms with van der Waals surface area (Å²) in [5.41, 5.74) is 8.00. The second kappa shape index (κ2) is 4.83. The van der Waals surface area contributed by atoms with Crippen molar-refractivity contribution in [2.24, 2.45) is 5.73 Å². The normalized spacial score (nSPS) is 12.6. The van der Waals surface area contributed by atoms with Crippen LogP contribution in [0, 0.1) is 0 Å². The zero-order valence-electron chi connectivity index (χ0n) is 8.06. The van der Waals surface area contributed by atoms with Crippen molar-refractivity contribution in [1.29, 1.82) is 0 Å². The Balaban J connectivity index is 2.85. The predicted molar refractivity (Wildman–Crippen MR) is 62.8 cm³/mol. The molecule has 3 heteroatoms. The summed E-state index contributed by atoms with van der Waals surface area (Å²) < 4.78 is 0. The maximum Gasteiger partial charge on any atom is 0.0595 e. The van der Waals surface area contributed by atoms with E-state index in [1.165, 1.54) is 0 Å². The van der Waals surface area contributed by atoms with Crippen LogP contribution >= 0.6 is 23.2 Å². The molecule has 76 valence electrons. The van der Waals surface area contributed by atoms with E-state index >= 15 is 0 Å². The summed E-state index contributed by atoms with van der Waals surface area (Å²) >= 11 is 11.7. The van der Waals surface area contributed by atoms with Crippen molar-refractivity contribution < 1.29 is 0 Å². The first-order chi connectivity index (χ1) is 6.50. The molecule has 1 atom stereocenters. The lowest BCUT2D eigenvalue weighted by molar-refractivity contribution is 0.717. The highest BCUT2D eigenvalue weighted by Crippen LogP contribution is 2.26. The minimum atomic E-state index is -0.0535. The number of halogens is 2. The van der Waals surface area contributed by atoms with Crippen molar-refractivity contribution in [1.82, 2.24) is 0 Å². The average Bonchev–Trinajstić information content (AvgIpc) is 2.08. The van der Waals surface area contributed by atoms with Gasteiger partial charge in [-0.2, -0.15) is 0 Å². The standard InChI is InChI=1S/C11H13Cl2N/c1-7(2)5-11(14)8-3-4-9(12)10(13)6-8/h3-4,6,11H,1,5,14H2,2H3/t11-/m0/s1. The largest absolute Gasteiger partial charge is 0.324 e. The summed E-state index contributed by atoms with van der Waals surface area (Å²) in [6.07, 6.45) is 0.762. The summed E-state index contributed by atoms with van der Waals surface area (Å²) in [7, 11) is 0. The molecule has 0 aromatic heterocycles. The Hall–Kier alpha value is -0.500. The molecular weight excluding hydrogens is 217 g/mol. The SMILES string of the molecule is C=C(C)C[C@H](N)c1ccc(Cl)c(Cl)c1. The van der Waals surface area contributed by atoms with Crippen LogP contribution in [0.5, 0.6) is 0 Å². The molecule has 0 aliphatic heterocycles. The van der Waals surface area contributed by atoms with Gasteiger partial charge < -0.3 is 5.73 Å². The van der Waals surface area contributed by atoms with Gasteiger partial charge in [0, 0.05) is 6.04 Å². The van der Waals surface area contributed by atoms with Gasteiger partial charge in [-0.3, -0.25) is 0 Å². The van der Waals surface area contributed by atoms with Gasteiger partial charge in [0.1, 0.15) is 0 Å². The Morgan fingerprint density at radius 3 is 2.57 bits per heavy atom. The van der Waals surface area contributed by atoms with Gasteiger partial charge in [-0.15, -0.1) is 6.58 Å². The number of hydrogen-bond donors (Lipinski definition) is 1. The number of hydrogen-bond acceptors (Lipinski definition) is 1. The maximum absolute atomic E-state index is 5.95. The third-order valence-electron chi connectivity index (χ3n) is 1.94. The first kappa shape index (κ1) is 11.6. The van der Waals surface area contributed by atoms with Gasteiger partial charge in [0.05, 0.1) is 10.0 Å². The molecule has 0 radical (unpaired) electrons. The molecule has 0 heterocycles. The second-order valence-corrected chi connectivity index (χ2v) is 4.26. The van der Waals surface area contributed by atoms with Gasteiger partial charge >= 0.3 is 0 Å². The van der Waals surface area contributed by atoms with Crippen LogP contribution in [-0.2, 0) is 0 Å². The van der Waals surface area contributed by atoms with Crippen LogP contribution < -0.4 is 5.73 Å². The minimum Gasteiger partial charge on any atom is -0.324 e. The Labute approximate surface area is 94.5 Å². The van der Waals surface area contributed by atoms with Gasteiger partial charge in [-0.25, -0.2) is 0 Å². The van der Waals surface area contributed by atoms with Crippen LogP contribution in [0.2, 0.25) is 10.0 Å². The van der Waals surface area contributed by atoms with Crippen LogP contribution in [0.3, 0.4) is 0 Å². The molecule has 0 fully saturated rings. The van der Waals surface area contributed by atoms with E-state index in [0.717, 1.165) is 17.6 Å². The highest BCUT2D eigenvalue weighted by molar-refractivity contribution is 6.42. The molecule has 1 aromatic carbocycles. The third kappa shape index (κ3) is 3.02. The van der Waals surface area contributed by atoms with E-state index in [0.29, 0.717) is 10.0 Å². The highest BCUT2D eigenvalue weighted by atomic mass is 35.5. The number of rotatable bonds is 3. The molecule has 2 N–H and O–H groups in total. The zero-order valence-corrected chi connectivity index (χ0v) is 9.57. The van der Waals surface area contributed by atoms with Crippen molar-refractivity contribution >= 4 is 23.2 Å². The van der Waals surface area contributed by atoms with Gasteiger partial charge in [0.2, 0.25) is 0 Å². The van der Waals surface area contributed by atoms with Crippen molar-refractivity contribution in [3.8, 4) is 0 Å². The molecule has 0 unspecified atom stereocenters. The summed E-state index contributed by atoms with van der Waals surface area (Å²) in [6, 6.07) is 5.40. The van der Waals surface area contributed by atoms with Gasteiger partial charge in [0.25, 0.3) is 0 Å².